The summed E-state index contributed by atoms with van der Waals surface area (Å²) in [4.78, 5) is 15.6. The zero-order valence-electron chi connectivity index (χ0n) is 25.2. The Labute approximate surface area is 275 Å². The molecule has 0 spiro atoms. The quantitative estimate of drug-likeness (QED) is 0.379. The molecule has 3 heterocycles. The molecule has 1 saturated heterocycles. The molecule has 8 nitrogen and oxygen atoms in total. The molecule has 1 unspecified atom stereocenters. The third kappa shape index (κ3) is 15.1. The van der Waals surface area contributed by atoms with Crippen LogP contribution in [0.3, 0.4) is 0 Å². The molecule has 10 heteroatoms. The van der Waals surface area contributed by atoms with Gasteiger partial charge in [0.25, 0.3) is 0 Å². The van der Waals surface area contributed by atoms with Crippen molar-refractivity contribution in [2.75, 3.05) is 79.0 Å². The van der Waals surface area contributed by atoms with E-state index in [9.17, 15) is 0 Å². The second-order valence-corrected chi connectivity index (χ2v) is 10.3. The van der Waals surface area contributed by atoms with Crippen molar-refractivity contribution >= 4 is 4.96 Å². The number of benzene rings is 1. The van der Waals surface area contributed by atoms with Crippen LogP contribution >= 0.6 is 0 Å². The van der Waals surface area contributed by atoms with Crippen LogP contribution in [-0.2, 0) is 57.6 Å². The number of hydrogen-bond donors (Lipinski definition) is 0. The number of pyridine rings is 2. The first-order chi connectivity index (χ1) is 20.7. The zero-order valence-corrected chi connectivity index (χ0v) is 27.3. The molecule has 0 aliphatic carbocycles. The molecular formula is C33H44Co2N4O4-2. The first-order valence-electron chi connectivity index (χ1n) is 14.6. The van der Waals surface area contributed by atoms with Gasteiger partial charge in [0.15, 0.2) is 0 Å². The molecule has 1 atom stereocenters. The van der Waals surface area contributed by atoms with E-state index >= 15 is 0 Å². The van der Waals surface area contributed by atoms with Gasteiger partial charge < -0.3 is 28.8 Å². The van der Waals surface area contributed by atoms with Gasteiger partial charge in [0, 0.05) is 48.7 Å². The predicted molar refractivity (Wildman–Crippen MR) is 161 cm³/mol. The second-order valence-electron chi connectivity index (χ2n) is 9.65. The first-order valence-corrected chi connectivity index (χ1v) is 15.2. The molecule has 43 heavy (non-hydrogen) atoms. The molecule has 1 aromatic carbocycles. The maximum atomic E-state index is 6.00. The number of rotatable bonds is 5. The fourth-order valence-corrected chi connectivity index (χ4v) is 4.58. The fourth-order valence-electron chi connectivity index (χ4n) is 4.58. The van der Waals surface area contributed by atoms with E-state index in [1.54, 1.807) is 4.96 Å². The molecular weight excluding hydrogens is 634 g/mol. The van der Waals surface area contributed by atoms with Gasteiger partial charge in [-0.1, -0.05) is 18.0 Å². The minimum Gasteiger partial charge on any atom is -0.390 e. The molecule has 0 amide bonds. The van der Waals surface area contributed by atoms with Gasteiger partial charge in [0.2, 0.25) is 0 Å². The minimum atomic E-state index is -0.00696. The van der Waals surface area contributed by atoms with Crippen LogP contribution in [0.2, 0.25) is 0 Å². The number of nitrogens with zero attached hydrogens (tertiary/aromatic N) is 4. The fraction of sp³-hybridized carbons (Fsp3) is 0.485. The summed E-state index contributed by atoms with van der Waals surface area (Å²) in [7, 11) is 0. The summed E-state index contributed by atoms with van der Waals surface area (Å²) in [5.74, 6) is 0. The van der Waals surface area contributed by atoms with Crippen LogP contribution < -0.4 is 0 Å². The standard InChI is InChI=1S/C31H40N4O4.C2H4.2Co/c1-27-8-7-12-30(33-27)31(28-9-3-2-4-10-28)35-16-20-38-24-22-36-18-14-34(26-29-11-5-6-13-32-29)15-19-37-23-25-39-21-17-35;1-2;;/h3-12,31H,14-26H2,1H3;1H,2H3;;/q-2;;;. The summed E-state index contributed by atoms with van der Waals surface area (Å²) in [6, 6.07) is 23.2. The first kappa shape index (κ1) is 37.4. The van der Waals surface area contributed by atoms with Crippen LogP contribution in [0.15, 0.2) is 60.7 Å². The van der Waals surface area contributed by atoms with Gasteiger partial charge in [0.1, 0.15) is 0 Å². The van der Waals surface area contributed by atoms with E-state index < -0.39 is 0 Å². The van der Waals surface area contributed by atoms with Crippen LogP contribution in [0, 0.1) is 19.2 Å². The molecule has 1 fully saturated rings. The van der Waals surface area contributed by atoms with Crippen LogP contribution in [-0.4, -0.2) is 104 Å². The van der Waals surface area contributed by atoms with Gasteiger partial charge in [-0.15, -0.1) is 5.56 Å². The van der Waals surface area contributed by atoms with E-state index in [-0.39, 0.29) is 22.8 Å². The van der Waals surface area contributed by atoms with E-state index in [0.717, 1.165) is 49.8 Å². The predicted octanol–water partition coefficient (Wildman–Crippen LogP) is 3.71. The average Bonchev–Trinajstić information content (AvgIpc) is 3.00. The molecule has 0 N–H and O–H groups in total. The number of aryl methyl sites for hydroxylation is 1. The van der Waals surface area contributed by atoms with Gasteiger partial charge in [-0.2, -0.15) is 48.5 Å². The Kier molecular flexibility index (Phi) is 20.4. The summed E-state index contributed by atoms with van der Waals surface area (Å²) in [5, 5.41) is 0. The molecule has 4 rings (SSSR count). The van der Waals surface area contributed by atoms with Gasteiger partial charge in [-0.3, -0.25) is 9.88 Å². The minimum absolute atomic E-state index is 0. The smallest absolute Gasteiger partial charge is 0.0701 e. The average molecular weight is 679 g/mol. The van der Waals surface area contributed by atoms with Crippen molar-refractivity contribution in [3.05, 3.63) is 95.6 Å². The van der Waals surface area contributed by atoms with E-state index in [4.69, 9.17) is 23.9 Å². The maximum absolute atomic E-state index is 6.00. The van der Waals surface area contributed by atoms with Crippen molar-refractivity contribution in [2.45, 2.75) is 26.4 Å². The molecule has 1 aliphatic rings. The Morgan fingerprint density at radius 3 is 1.93 bits per heavy atom. The van der Waals surface area contributed by atoms with E-state index in [2.05, 4.69) is 66.6 Å². The Hall–Kier alpha value is -1.84. The Morgan fingerprint density at radius 1 is 0.814 bits per heavy atom. The van der Waals surface area contributed by atoms with E-state index in [0.29, 0.717) is 52.9 Å². The topological polar surface area (TPSA) is 69.2 Å². The van der Waals surface area contributed by atoms with Gasteiger partial charge >= 0.3 is 27.2 Å². The summed E-state index contributed by atoms with van der Waals surface area (Å²) in [6.45, 7) is 12.4. The van der Waals surface area contributed by atoms with Crippen LogP contribution in [0.4, 0.5) is 0 Å². The molecule has 2 aromatic heterocycles. The Bertz CT molecular complexity index is 1090. The maximum Gasteiger partial charge on any atom is 0.0701 e. The molecule has 1 radical (unpaired) electrons. The third-order valence-corrected chi connectivity index (χ3v) is 6.56. The van der Waals surface area contributed by atoms with Crippen molar-refractivity contribution in [1.29, 1.82) is 0 Å². The monoisotopic (exact) mass is 678 g/mol. The SMILES string of the molecule is C[CH]=[Co].Cc1cccc(C(c2cc[c-]cc2)N2CCOCCOCCN(Cc3ccc[c-]n3)CCOCCOCC2)n1.[Co]. The second kappa shape index (κ2) is 23.5. The summed E-state index contributed by atoms with van der Waals surface area (Å²) < 4.78 is 23.8. The van der Waals surface area contributed by atoms with Gasteiger partial charge in [-0.05, 0) is 25.6 Å². The van der Waals surface area contributed by atoms with Crippen molar-refractivity contribution in [2.24, 2.45) is 0 Å². The summed E-state index contributed by atoms with van der Waals surface area (Å²) >= 11 is 3.70. The molecule has 0 saturated carbocycles. The largest absolute Gasteiger partial charge is 0.390 e. The van der Waals surface area contributed by atoms with Crippen LogP contribution in [0.5, 0.6) is 0 Å². The Balaban J connectivity index is 0.00000155. The number of ether oxygens (including phenoxy) is 4. The van der Waals surface area contributed by atoms with Crippen molar-refractivity contribution in [3.63, 3.8) is 0 Å². The normalized spacial score (nSPS) is 17.7. The third-order valence-electron chi connectivity index (χ3n) is 6.56. The van der Waals surface area contributed by atoms with Crippen molar-refractivity contribution in [1.82, 2.24) is 19.8 Å². The number of aromatic nitrogens is 2. The molecule has 1 aliphatic heterocycles. The summed E-state index contributed by atoms with van der Waals surface area (Å²) in [6.07, 6.45) is 2.91. The van der Waals surface area contributed by atoms with Gasteiger partial charge in [-0.25, -0.2) is 0 Å². The zero-order chi connectivity index (χ0) is 29.7. The van der Waals surface area contributed by atoms with Crippen molar-refractivity contribution in [3.8, 4) is 0 Å². The van der Waals surface area contributed by atoms with Crippen LogP contribution in [0.25, 0.3) is 0 Å². The number of hydrogen-bond acceptors (Lipinski definition) is 8. The van der Waals surface area contributed by atoms with E-state index in [1.807, 2.05) is 50.2 Å². The molecule has 0 bridgehead atoms. The Morgan fingerprint density at radius 2 is 1.40 bits per heavy atom. The van der Waals surface area contributed by atoms with Crippen LogP contribution in [0.1, 0.15) is 35.6 Å². The van der Waals surface area contributed by atoms with E-state index in [1.165, 1.54) is 5.56 Å². The molecule has 240 valence electrons. The molecule has 3 aromatic rings. The summed E-state index contributed by atoms with van der Waals surface area (Å²) in [5.41, 5.74) is 4.18. The van der Waals surface area contributed by atoms with Crippen molar-refractivity contribution < 1.29 is 51.0 Å². The van der Waals surface area contributed by atoms with Gasteiger partial charge in [0.05, 0.1) is 64.6 Å².